The molecule has 0 fully saturated rings. The quantitative estimate of drug-likeness (QED) is 0.201. The Bertz CT molecular complexity index is 1380. The number of carbonyl (C=O) groups is 2. The largest absolute Gasteiger partial charge is 0.508 e. The molecule has 0 radical (unpaired) electrons. The van der Waals surface area contributed by atoms with E-state index >= 15 is 0 Å². The minimum atomic E-state index is -1.20. The molecule has 162 valence electrons. The summed E-state index contributed by atoms with van der Waals surface area (Å²) < 4.78 is 5.81. The second kappa shape index (κ2) is 8.76. The van der Waals surface area contributed by atoms with Gasteiger partial charge in [0.15, 0.2) is 5.43 Å². The van der Waals surface area contributed by atoms with E-state index in [9.17, 15) is 24.6 Å². The van der Waals surface area contributed by atoms with Gasteiger partial charge in [-0.25, -0.2) is 4.79 Å². The van der Waals surface area contributed by atoms with E-state index in [1.165, 1.54) is 30.3 Å². The van der Waals surface area contributed by atoms with Crippen LogP contribution in [0.3, 0.4) is 0 Å². The average molecular weight is 449 g/mol. The zero-order valence-corrected chi connectivity index (χ0v) is 17.7. The molecule has 0 saturated carbocycles. The number of aromatic carboxylic acids is 1. The molecule has 1 amide bonds. The molecule has 0 atom stereocenters. The maximum absolute atomic E-state index is 12.4. The topological polar surface area (TPSA) is 117 Å². The SMILES string of the molecule is O=C(NCCCS)c1ccc(-c2c3ccc(=O)cc-3oc3cc(O)ccc23)c(C(=O)O)c1. The molecule has 32 heavy (non-hydrogen) atoms. The maximum Gasteiger partial charge on any atom is 0.336 e. The molecule has 8 heteroatoms. The summed E-state index contributed by atoms with van der Waals surface area (Å²) in [7, 11) is 0. The van der Waals surface area contributed by atoms with E-state index in [0.29, 0.717) is 46.4 Å². The summed E-state index contributed by atoms with van der Waals surface area (Å²) in [6.07, 6.45) is 0.693. The second-order valence-corrected chi connectivity index (χ2v) is 7.66. The zero-order valence-electron chi connectivity index (χ0n) is 16.8. The van der Waals surface area contributed by atoms with Crippen LogP contribution in [-0.4, -0.2) is 34.4 Å². The second-order valence-electron chi connectivity index (χ2n) is 7.21. The van der Waals surface area contributed by atoms with E-state index in [1.807, 2.05) is 0 Å². The van der Waals surface area contributed by atoms with Crippen LogP contribution in [0.2, 0.25) is 0 Å². The van der Waals surface area contributed by atoms with Gasteiger partial charge in [-0.05, 0) is 54.1 Å². The fraction of sp³-hybridized carbons (Fsp3) is 0.125. The Kier molecular flexibility index (Phi) is 5.87. The monoisotopic (exact) mass is 449 g/mol. The number of phenolic OH excluding ortho intramolecular Hbond substituents is 1. The minimum Gasteiger partial charge on any atom is -0.508 e. The molecule has 0 spiro atoms. The number of thiol groups is 1. The van der Waals surface area contributed by atoms with Crippen molar-refractivity contribution < 1.29 is 24.2 Å². The molecule has 0 bridgehead atoms. The number of carboxylic acids is 1. The third-order valence-electron chi connectivity index (χ3n) is 5.08. The number of amides is 1. The molecule has 0 saturated heterocycles. The number of phenols is 1. The molecule has 0 unspecified atom stereocenters. The highest BCUT2D eigenvalue weighted by Crippen LogP contribution is 2.42. The first-order chi connectivity index (χ1) is 15.4. The number of carbonyl (C=O) groups excluding carboxylic acids is 1. The van der Waals surface area contributed by atoms with E-state index < -0.39 is 5.97 Å². The first kappa shape index (κ1) is 21.5. The van der Waals surface area contributed by atoms with Gasteiger partial charge in [0.05, 0.1) is 5.56 Å². The summed E-state index contributed by atoms with van der Waals surface area (Å²) in [5.74, 6) is -0.725. The molecule has 3 N–H and O–H groups in total. The van der Waals surface area contributed by atoms with Crippen LogP contribution in [0.1, 0.15) is 27.1 Å². The van der Waals surface area contributed by atoms with Gasteiger partial charge in [-0.15, -0.1) is 0 Å². The number of nitrogens with one attached hydrogen (secondary N) is 1. The molecule has 2 aromatic rings. The third kappa shape index (κ3) is 4.04. The summed E-state index contributed by atoms with van der Waals surface area (Å²) in [5, 5.41) is 23.1. The lowest BCUT2D eigenvalue weighted by Crippen LogP contribution is -2.25. The van der Waals surface area contributed by atoms with Crippen molar-refractivity contribution >= 4 is 35.5 Å². The van der Waals surface area contributed by atoms with Gasteiger partial charge in [0.1, 0.15) is 17.1 Å². The molecular weight excluding hydrogens is 430 g/mol. The fourth-order valence-electron chi connectivity index (χ4n) is 3.61. The summed E-state index contributed by atoms with van der Waals surface area (Å²) in [5.41, 5.74) is 1.61. The van der Waals surface area contributed by atoms with Crippen LogP contribution in [0.15, 0.2) is 63.8 Å². The van der Waals surface area contributed by atoms with Gasteiger partial charge in [-0.3, -0.25) is 9.59 Å². The van der Waals surface area contributed by atoms with E-state index in [2.05, 4.69) is 17.9 Å². The number of hydrogen-bond acceptors (Lipinski definition) is 6. The van der Waals surface area contributed by atoms with Crippen molar-refractivity contribution in [2.24, 2.45) is 0 Å². The molecular formula is C24H19NO6S. The lowest BCUT2D eigenvalue weighted by Gasteiger charge is -2.17. The van der Waals surface area contributed by atoms with Crippen molar-refractivity contribution in [1.29, 1.82) is 0 Å². The smallest absolute Gasteiger partial charge is 0.336 e. The summed E-state index contributed by atoms with van der Waals surface area (Å²) in [4.78, 5) is 36.5. The molecule has 0 aromatic heterocycles. The predicted octanol–water partition coefficient (Wildman–Crippen LogP) is 4.02. The summed E-state index contributed by atoms with van der Waals surface area (Å²) in [6, 6.07) is 13.2. The minimum absolute atomic E-state index is 0.0310. The van der Waals surface area contributed by atoms with Crippen LogP contribution >= 0.6 is 12.6 Å². The van der Waals surface area contributed by atoms with Crippen molar-refractivity contribution in [3.05, 3.63) is 75.9 Å². The van der Waals surface area contributed by atoms with Crippen molar-refractivity contribution in [2.75, 3.05) is 12.3 Å². The van der Waals surface area contributed by atoms with Crippen LogP contribution in [0.4, 0.5) is 0 Å². The Hall–Kier alpha value is -3.78. The molecule has 1 aliphatic carbocycles. The van der Waals surface area contributed by atoms with Gasteiger partial charge < -0.3 is 19.9 Å². The van der Waals surface area contributed by atoms with Gasteiger partial charge in [0, 0.05) is 40.8 Å². The summed E-state index contributed by atoms with van der Waals surface area (Å²) in [6.45, 7) is 0.434. The van der Waals surface area contributed by atoms with Crippen molar-refractivity contribution in [1.82, 2.24) is 5.32 Å². The first-order valence-corrected chi connectivity index (χ1v) is 10.5. The molecule has 1 aliphatic heterocycles. The maximum atomic E-state index is 12.4. The van der Waals surface area contributed by atoms with E-state index in [0.717, 1.165) is 0 Å². The third-order valence-corrected chi connectivity index (χ3v) is 5.40. The van der Waals surface area contributed by atoms with Gasteiger partial charge in [-0.1, -0.05) is 6.07 Å². The van der Waals surface area contributed by atoms with Gasteiger partial charge in [0.2, 0.25) is 0 Å². The highest BCUT2D eigenvalue weighted by Gasteiger charge is 2.23. The number of rotatable bonds is 6. The summed E-state index contributed by atoms with van der Waals surface area (Å²) >= 11 is 4.11. The Labute approximate surface area is 188 Å². The van der Waals surface area contributed by atoms with Crippen LogP contribution in [0, 0.1) is 0 Å². The highest BCUT2D eigenvalue weighted by atomic mass is 32.1. The Morgan fingerprint density at radius 3 is 2.53 bits per heavy atom. The van der Waals surface area contributed by atoms with Gasteiger partial charge in [0.25, 0.3) is 5.91 Å². The number of aromatic hydroxyl groups is 1. The van der Waals surface area contributed by atoms with Crippen LogP contribution < -0.4 is 10.7 Å². The average Bonchev–Trinajstić information content (AvgIpc) is 2.77. The van der Waals surface area contributed by atoms with Crippen LogP contribution in [0.5, 0.6) is 5.75 Å². The number of hydrogen-bond donors (Lipinski definition) is 4. The Morgan fingerprint density at radius 1 is 1.00 bits per heavy atom. The van der Waals surface area contributed by atoms with E-state index in [1.54, 1.807) is 24.3 Å². The molecule has 2 aliphatic rings. The fourth-order valence-corrected chi connectivity index (χ4v) is 3.77. The molecule has 1 heterocycles. The standard InChI is InChI=1S/C24H19NO6S/c26-14-3-6-17-20(11-14)31-21-12-15(27)4-7-18(21)22(17)16-5-2-13(10-19(16)24(29)30)23(28)25-8-1-9-32/h2-7,10-12,26,32H,1,8-9H2,(H,25,28)(H,29,30). The van der Waals surface area contributed by atoms with Crippen molar-refractivity contribution in [2.45, 2.75) is 6.42 Å². The van der Waals surface area contributed by atoms with E-state index in [-0.39, 0.29) is 34.0 Å². The molecule has 4 rings (SSSR count). The van der Waals surface area contributed by atoms with Gasteiger partial charge in [-0.2, -0.15) is 12.6 Å². The Morgan fingerprint density at radius 2 is 1.78 bits per heavy atom. The normalized spacial score (nSPS) is 11.0. The van der Waals surface area contributed by atoms with Crippen LogP contribution in [0.25, 0.3) is 33.4 Å². The van der Waals surface area contributed by atoms with Crippen molar-refractivity contribution in [3.8, 4) is 28.2 Å². The predicted molar refractivity (Wildman–Crippen MR) is 124 cm³/mol. The van der Waals surface area contributed by atoms with E-state index in [4.69, 9.17) is 4.42 Å². The number of carboxylic acid groups (broad SMARTS) is 1. The number of benzene rings is 3. The van der Waals surface area contributed by atoms with Crippen LogP contribution in [-0.2, 0) is 0 Å². The highest BCUT2D eigenvalue weighted by molar-refractivity contribution is 7.80. The first-order valence-electron chi connectivity index (χ1n) is 9.85. The molecule has 7 nitrogen and oxygen atoms in total. The Balaban J connectivity index is 1.96. The molecule has 2 aromatic carbocycles. The van der Waals surface area contributed by atoms with Gasteiger partial charge >= 0.3 is 5.97 Å². The number of fused-ring (bicyclic) bond motifs is 2. The zero-order chi connectivity index (χ0) is 22.8. The van der Waals surface area contributed by atoms with Crippen molar-refractivity contribution in [3.63, 3.8) is 0 Å². The lowest BCUT2D eigenvalue weighted by atomic mass is 9.90. The lowest BCUT2D eigenvalue weighted by molar-refractivity contribution is 0.0697.